The zero-order chi connectivity index (χ0) is 21.4. The number of anilines is 1. The third kappa shape index (κ3) is 4.39. The Morgan fingerprint density at radius 1 is 1.17 bits per heavy atom. The van der Waals surface area contributed by atoms with E-state index < -0.39 is 6.23 Å². The van der Waals surface area contributed by atoms with Gasteiger partial charge < -0.3 is 10.2 Å². The molecule has 2 aliphatic rings. The summed E-state index contributed by atoms with van der Waals surface area (Å²) in [5, 5.41) is 3.80. The van der Waals surface area contributed by atoms with Crippen LogP contribution in [0.1, 0.15) is 36.3 Å². The summed E-state index contributed by atoms with van der Waals surface area (Å²) >= 11 is 18.4. The van der Waals surface area contributed by atoms with E-state index >= 15 is 0 Å². The van der Waals surface area contributed by atoms with Gasteiger partial charge in [0.25, 0.3) is 0 Å². The maximum Gasteiger partial charge on any atom is 0.223 e. The van der Waals surface area contributed by atoms with Crippen molar-refractivity contribution in [2.45, 2.75) is 38.0 Å². The summed E-state index contributed by atoms with van der Waals surface area (Å²) in [5.41, 5.74) is 1.94. The smallest absolute Gasteiger partial charge is 0.223 e. The van der Waals surface area contributed by atoms with Crippen LogP contribution in [-0.4, -0.2) is 18.7 Å². The van der Waals surface area contributed by atoms with Crippen molar-refractivity contribution in [1.29, 1.82) is 0 Å². The molecule has 1 aliphatic heterocycles. The first kappa shape index (κ1) is 21.7. The molecule has 2 aromatic carbocycles. The average Bonchev–Trinajstić information content (AvgIpc) is 3.49. The molecule has 3 N–H and O–H groups in total. The Labute approximate surface area is 189 Å². The predicted octanol–water partition coefficient (Wildman–Crippen LogP) is 5.02. The van der Waals surface area contributed by atoms with Gasteiger partial charge in [0, 0.05) is 36.2 Å². The summed E-state index contributed by atoms with van der Waals surface area (Å²) in [6.07, 6.45) is 2.02. The number of nitrogens with two attached hydrogens (primary N) is 1. The van der Waals surface area contributed by atoms with Gasteiger partial charge in [-0.1, -0.05) is 40.9 Å². The van der Waals surface area contributed by atoms with E-state index in [1.54, 1.807) is 24.3 Å². The van der Waals surface area contributed by atoms with E-state index in [-0.39, 0.29) is 30.1 Å². The molecule has 1 aliphatic carbocycles. The van der Waals surface area contributed by atoms with Crippen LogP contribution in [0.4, 0.5) is 10.1 Å². The zero-order valence-electron chi connectivity index (χ0n) is 16.0. The van der Waals surface area contributed by atoms with E-state index in [0.29, 0.717) is 32.9 Å². The molecule has 0 spiro atoms. The number of carbonyl (C=O) groups is 1. The second-order valence-corrected chi connectivity index (χ2v) is 8.87. The molecule has 30 heavy (non-hydrogen) atoms. The molecule has 5 nitrogen and oxygen atoms in total. The molecule has 1 saturated heterocycles. The Hall–Kier alpha value is -1.57. The Bertz CT molecular complexity index is 948. The minimum atomic E-state index is -0.516. The van der Waals surface area contributed by atoms with Crippen molar-refractivity contribution >= 4 is 46.4 Å². The number of hydrogen-bond donors (Lipinski definition) is 2. The predicted molar refractivity (Wildman–Crippen MR) is 116 cm³/mol. The van der Waals surface area contributed by atoms with Gasteiger partial charge in [0.15, 0.2) is 6.23 Å². The Kier molecular flexibility index (Phi) is 6.42. The fourth-order valence-corrected chi connectivity index (χ4v) is 4.47. The first-order valence-electron chi connectivity index (χ1n) is 9.71. The van der Waals surface area contributed by atoms with Crippen LogP contribution in [-0.2, 0) is 16.2 Å². The van der Waals surface area contributed by atoms with Gasteiger partial charge in [0.05, 0.1) is 15.1 Å². The van der Waals surface area contributed by atoms with Crippen LogP contribution in [0.15, 0.2) is 30.3 Å². The molecular weight excluding hydrogens is 452 g/mol. The lowest BCUT2D eigenvalue weighted by Crippen LogP contribution is -2.36. The van der Waals surface area contributed by atoms with Crippen LogP contribution < -0.4 is 16.1 Å². The minimum absolute atomic E-state index is 0.0160. The highest BCUT2D eigenvalue weighted by Gasteiger charge is 2.37. The summed E-state index contributed by atoms with van der Waals surface area (Å²) in [4.78, 5) is 19.0. The fourth-order valence-electron chi connectivity index (χ4n) is 3.86. The van der Waals surface area contributed by atoms with Gasteiger partial charge in [-0.2, -0.15) is 0 Å². The molecule has 1 heterocycles. The molecule has 0 radical (unpaired) electrons. The molecule has 160 valence electrons. The minimum Gasteiger partial charge on any atom is -0.352 e. The lowest BCUT2D eigenvalue weighted by atomic mass is 9.97. The van der Waals surface area contributed by atoms with Gasteiger partial charge in [-0.05, 0) is 49.1 Å². The van der Waals surface area contributed by atoms with Crippen LogP contribution in [0.25, 0.3) is 0 Å². The molecule has 0 bridgehead atoms. The van der Waals surface area contributed by atoms with Crippen LogP contribution in [0, 0.1) is 11.7 Å². The van der Waals surface area contributed by atoms with Crippen molar-refractivity contribution in [1.82, 2.24) is 5.32 Å². The van der Waals surface area contributed by atoms with Gasteiger partial charge in [-0.15, -0.1) is 0 Å². The van der Waals surface area contributed by atoms with Crippen molar-refractivity contribution in [2.24, 2.45) is 11.8 Å². The molecule has 0 aromatic heterocycles. The summed E-state index contributed by atoms with van der Waals surface area (Å²) < 4.78 is 14.7. The van der Waals surface area contributed by atoms with Crippen molar-refractivity contribution in [3.63, 3.8) is 0 Å². The van der Waals surface area contributed by atoms with E-state index in [4.69, 9.17) is 45.5 Å². The number of carbonyl (C=O) groups excluding carboxylic acids is 1. The van der Waals surface area contributed by atoms with E-state index in [0.717, 1.165) is 24.8 Å². The number of halogens is 4. The van der Waals surface area contributed by atoms with Gasteiger partial charge in [0.1, 0.15) is 5.82 Å². The van der Waals surface area contributed by atoms with E-state index in [9.17, 15) is 9.18 Å². The fraction of sp³-hybridized carbons (Fsp3) is 0.381. The SMILES string of the molecule is NO[C@H]1[C@@H](c2cc(Cl)c(Cl)c(Cl)c2)CCN1c1ccc(CNC(=O)C2CC2)c(F)c1. The van der Waals surface area contributed by atoms with Gasteiger partial charge in [-0.3, -0.25) is 9.63 Å². The normalized spacial score (nSPS) is 21.2. The van der Waals surface area contributed by atoms with Crippen molar-refractivity contribution in [2.75, 3.05) is 11.4 Å². The second kappa shape index (κ2) is 8.89. The maximum atomic E-state index is 14.7. The lowest BCUT2D eigenvalue weighted by molar-refractivity contribution is -0.122. The van der Waals surface area contributed by atoms with Crippen molar-refractivity contribution in [3.05, 3.63) is 62.3 Å². The van der Waals surface area contributed by atoms with Gasteiger partial charge >= 0.3 is 0 Å². The number of benzene rings is 2. The molecule has 9 heteroatoms. The van der Waals surface area contributed by atoms with Crippen LogP contribution in [0.3, 0.4) is 0 Å². The number of amides is 1. The monoisotopic (exact) mass is 471 g/mol. The largest absolute Gasteiger partial charge is 0.352 e. The molecule has 1 saturated carbocycles. The van der Waals surface area contributed by atoms with Gasteiger partial charge in [-0.25, -0.2) is 10.3 Å². The Morgan fingerprint density at radius 3 is 2.47 bits per heavy atom. The Balaban J connectivity index is 1.51. The first-order chi connectivity index (χ1) is 14.4. The Morgan fingerprint density at radius 2 is 1.87 bits per heavy atom. The van der Waals surface area contributed by atoms with Crippen LogP contribution in [0.2, 0.25) is 15.1 Å². The third-order valence-electron chi connectivity index (χ3n) is 5.68. The highest BCUT2D eigenvalue weighted by Crippen LogP contribution is 2.41. The molecular formula is C21H21Cl3FN3O2. The first-order valence-corrected chi connectivity index (χ1v) is 10.8. The number of rotatable bonds is 6. The maximum absolute atomic E-state index is 14.7. The van der Waals surface area contributed by atoms with Crippen LogP contribution in [0.5, 0.6) is 0 Å². The van der Waals surface area contributed by atoms with E-state index in [2.05, 4.69) is 5.32 Å². The number of nitrogens with one attached hydrogen (secondary N) is 1. The molecule has 0 unspecified atom stereocenters. The average molecular weight is 473 g/mol. The van der Waals surface area contributed by atoms with Crippen LogP contribution >= 0.6 is 34.8 Å². The molecule has 1 amide bonds. The zero-order valence-corrected chi connectivity index (χ0v) is 18.3. The highest BCUT2D eigenvalue weighted by molar-refractivity contribution is 6.48. The molecule has 2 atom stereocenters. The summed E-state index contributed by atoms with van der Waals surface area (Å²) in [7, 11) is 0. The van der Waals surface area contributed by atoms with Gasteiger partial charge in [0.2, 0.25) is 5.91 Å². The standard InChI is InChI=1S/C21H21Cl3FN3O2/c22-16-7-13(8-17(23)19(16)24)15-5-6-28(21(15)30-26)14-4-3-12(18(25)9-14)10-27-20(29)11-1-2-11/h3-4,7-9,11,15,21H,1-2,5-6,10,26H2,(H,27,29)/t15-,21+/m1/s1. The highest BCUT2D eigenvalue weighted by atomic mass is 35.5. The molecule has 2 aromatic rings. The second-order valence-electron chi connectivity index (χ2n) is 7.68. The quantitative estimate of drug-likeness (QED) is 0.457. The summed E-state index contributed by atoms with van der Waals surface area (Å²) in [6, 6.07) is 8.42. The topological polar surface area (TPSA) is 67.6 Å². The van der Waals surface area contributed by atoms with E-state index in [1.165, 1.54) is 6.07 Å². The lowest BCUT2D eigenvalue weighted by Gasteiger charge is -2.28. The van der Waals surface area contributed by atoms with E-state index in [1.807, 2.05) is 4.90 Å². The summed E-state index contributed by atoms with van der Waals surface area (Å²) in [5.74, 6) is 5.18. The number of nitrogens with zero attached hydrogens (tertiary/aromatic N) is 1. The third-order valence-corrected chi connectivity index (χ3v) is 6.87. The van der Waals surface area contributed by atoms with Crippen molar-refractivity contribution < 1.29 is 14.0 Å². The molecule has 4 rings (SSSR count). The summed E-state index contributed by atoms with van der Waals surface area (Å²) in [6.45, 7) is 0.782. The molecule has 2 fully saturated rings. The van der Waals surface area contributed by atoms with Crippen molar-refractivity contribution in [3.8, 4) is 0 Å². The number of hydrogen-bond acceptors (Lipinski definition) is 4.